The van der Waals surface area contributed by atoms with E-state index in [1.54, 1.807) is 25.4 Å². The molecule has 0 fully saturated rings. The second-order valence-corrected chi connectivity index (χ2v) is 4.86. The summed E-state index contributed by atoms with van der Waals surface area (Å²) in [7, 11) is -1.37. The number of nitrogens with one attached hydrogen (secondary N) is 1. The van der Waals surface area contributed by atoms with Crippen LogP contribution in [-0.4, -0.2) is 25.7 Å². The minimum absolute atomic E-state index is 0.0322. The Bertz CT molecular complexity index is 381. The van der Waals surface area contributed by atoms with Crippen molar-refractivity contribution in [3.05, 3.63) is 24.0 Å². The topological polar surface area (TPSA) is 51.1 Å². The highest BCUT2D eigenvalue weighted by Crippen LogP contribution is 2.14. The molecule has 1 aromatic heterocycles. The van der Waals surface area contributed by atoms with Gasteiger partial charge in [-0.2, -0.15) is 0 Å². The van der Waals surface area contributed by atoms with Crippen LogP contribution in [-0.2, 0) is 10.0 Å². The van der Waals surface area contributed by atoms with Crippen LogP contribution in [0.5, 0.6) is 0 Å². The second-order valence-electron chi connectivity index (χ2n) is 3.00. The largest absolute Gasteiger partial charge is 0.312 e. The van der Waals surface area contributed by atoms with Gasteiger partial charge < -0.3 is 5.32 Å². The van der Waals surface area contributed by atoms with Gasteiger partial charge in [0.1, 0.15) is 0 Å². The summed E-state index contributed by atoms with van der Waals surface area (Å²) < 4.78 is 23.8. The normalized spacial score (nSPS) is 14.4. The van der Waals surface area contributed by atoms with E-state index in [-0.39, 0.29) is 6.04 Å². The Hall–Kier alpha value is -0.810. The van der Waals surface area contributed by atoms with Gasteiger partial charge in [0, 0.05) is 12.2 Å². The van der Waals surface area contributed by atoms with Gasteiger partial charge in [-0.1, -0.05) is 0 Å². The summed E-state index contributed by atoms with van der Waals surface area (Å²) in [6.07, 6.45) is 2.75. The van der Waals surface area contributed by atoms with Gasteiger partial charge in [-0.3, -0.25) is 0 Å². The molecule has 0 aliphatic heterocycles. The maximum absolute atomic E-state index is 11.3. The molecule has 1 atom stereocenters. The fraction of sp³-hybridized carbons (Fsp3) is 0.500. The van der Waals surface area contributed by atoms with E-state index in [2.05, 4.69) is 5.32 Å². The summed E-state index contributed by atoms with van der Waals surface area (Å²) in [5, 5.41) is 2.99. The lowest BCUT2D eigenvalue weighted by atomic mass is 10.2. The number of hydrogen-bond donors (Lipinski definition) is 1. The Morgan fingerprint density at radius 1 is 1.54 bits per heavy atom. The van der Waals surface area contributed by atoms with Crippen molar-refractivity contribution in [1.82, 2.24) is 9.29 Å². The molecule has 0 spiro atoms. The van der Waals surface area contributed by atoms with Crippen molar-refractivity contribution < 1.29 is 8.42 Å². The van der Waals surface area contributed by atoms with E-state index in [1.807, 2.05) is 6.92 Å². The first-order valence-electron chi connectivity index (χ1n) is 4.02. The molecule has 0 aliphatic rings. The number of nitrogens with zero attached hydrogens (tertiary/aromatic N) is 1. The van der Waals surface area contributed by atoms with Crippen LogP contribution in [0.1, 0.15) is 18.7 Å². The average Bonchev–Trinajstić information content (AvgIpc) is 2.49. The van der Waals surface area contributed by atoms with Crippen LogP contribution in [0, 0.1) is 0 Å². The summed E-state index contributed by atoms with van der Waals surface area (Å²) in [6, 6.07) is 3.55. The first-order chi connectivity index (χ1) is 5.96. The van der Waals surface area contributed by atoms with E-state index in [0.717, 1.165) is 5.69 Å². The van der Waals surface area contributed by atoms with E-state index < -0.39 is 10.0 Å². The van der Waals surface area contributed by atoms with Crippen molar-refractivity contribution in [3.63, 3.8) is 0 Å². The molecule has 1 aromatic rings. The van der Waals surface area contributed by atoms with E-state index in [0.29, 0.717) is 0 Å². The molecule has 0 bridgehead atoms. The fourth-order valence-corrected chi connectivity index (χ4v) is 2.06. The molecule has 0 saturated heterocycles. The standard InChI is InChI=1S/C8H14N2O2S/c1-7(9-2)8-5-4-6-10(8)13(3,11)12/h4-7,9H,1-3H3/t7-/m1/s1. The third-order valence-electron chi connectivity index (χ3n) is 1.98. The SMILES string of the molecule is CN[C@H](C)c1cccn1S(C)(=O)=O. The maximum Gasteiger partial charge on any atom is 0.235 e. The molecule has 0 radical (unpaired) electrons. The Morgan fingerprint density at radius 3 is 2.62 bits per heavy atom. The quantitative estimate of drug-likeness (QED) is 0.780. The molecule has 0 amide bonds. The van der Waals surface area contributed by atoms with Gasteiger partial charge in [-0.15, -0.1) is 0 Å². The van der Waals surface area contributed by atoms with Crippen LogP contribution >= 0.6 is 0 Å². The van der Waals surface area contributed by atoms with Crippen LogP contribution in [0.15, 0.2) is 18.3 Å². The minimum atomic E-state index is -3.17. The lowest BCUT2D eigenvalue weighted by Gasteiger charge is -2.12. The Balaban J connectivity index is 3.18. The van der Waals surface area contributed by atoms with Crippen molar-refractivity contribution in [2.24, 2.45) is 0 Å². The minimum Gasteiger partial charge on any atom is -0.312 e. The van der Waals surface area contributed by atoms with Gasteiger partial charge in [0.25, 0.3) is 0 Å². The van der Waals surface area contributed by atoms with Gasteiger partial charge >= 0.3 is 0 Å². The van der Waals surface area contributed by atoms with Gasteiger partial charge in [0.15, 0.2) is 0 Å². The fourth-order valence-electron chi connectivity index (χ4n) is 1.16. The van der Waals surface area contributed by atoms with Gasteiger partial charge in [0.2, 0.25) is 10.0 Å². The second kappa shape index (κ2) is 3.51. The average molecular weight is 202 g/mol. The van der Waals surface area contributed by atoms with Crippen LogP contribution in [0.4, 0.5) is 0 Å². The predicted molar refractivity (Wildman–Crippen MR) is 52.1 cm³/mol. The van der Waals surface area contributed by atoms with Crippen LogP contribution < -0.4 is 5.32 Å². The van der Waals surface area contributed by atoms with Crippen molar-refractivity contribution in [3.8, 4) is 0 Å². The summed E-state index contributed by atoms with van der Waals surface area (Å²) >= 11 is 0. The first kappa shape index (κ1) is 10.3. The monoisotopic (exact) mass is 202 g/mol. The molecule has 1 rings (SSSR count). The Labute approximate surface area is 78.6 Å². The molecule has 0 aliphatic carbocycles. The highest BCUT2D eigenvalue weighted by molar-refractivity contribution is 7.89. The Morgan fingerprint density at radius 2 is 2.15 bits per heavy atom. The van der Waals surface area contributed by atoms with Crippen molar-refractivity contribution in [1.29, 1.82) is 0 Å². The predicted octanol–water partition coefficient (Wildman–Crippen LogP) is 0.576. The van der Waals surface area contributed by atoms with E-state index in [1.165, 1.54) is 10.2 Å². The summed E-state index contributed by atoms with van der Waals surface area (Å²) in [6.45, 7) is 1.91. The van der Waals surface area contributed by atoms with Gasteiger partial charge in [0.05, 0.1) is 11.9 Å². The van der Waals surface area contributed by atoms with Crippen molar-refractivity contribution >= 4 is 10.0 Å². The van der Waals surface area contributed by atoms with Gasteiger partial charge in [-0.25, -0.2) is 12.4 Å². The highest BCUT2D eigenvalue weighted by Gasteiger charge is 2.13. The molecule has 1 N–H and O–H groups in total. The third-order valence-corrected chi connectivity index (χ3v) is 3.02. The molecule has 0 aromatic carbocycles. The zero-order chi connectivity index (χ0) is 10.1. The zero-order valence-corrected chi connectivity index (χ0v) is 8.80. The lowest BCUT2D eigenvalue weighted by Crippen LogP contribution is -2.20. The third kappa shape index (κ3) is 2.10. The van der Waals surface area contributed by atoms with E-state index in [9.17, 15) is 8.42 Å². The molecule has 5 heteroatoms. The summed E-state index contributed by atoms with van der Waals surface area (Å²) in [5.41, 5.74) is 0.755. The smallest absolute Gasteiger partial charge is 0.235 e. The molecule has 0 unspecified atom stereocenters. The van der Waals surface area contributed by atoms with Crippen molar-refractivity contribution in [2.45, 2.75) is 13.0 Å². The van der Waals surface area contributed by atoms with Crippen molar-refractivity contribution in [2.75, 3.05) is 13.3 Å². The molecule has 4 nitrogen and oxygen atoms in total. The molecular weight excluding hydrogens is 188 g/mol. The first-order valence-corrected chi connectivity index (χ1v) is 5.86. The zero-order valence-electron chi connectivity index (χ0n) is 7.98. The van der Waals surface area contributed by atoms with Gasteiger partial charge in [-0.05, 0) is 26.1 Å². The number of aromatic nitrogens is 1. The number of rotatable bonds is 3. The van der Waals surface area contributed by atoms with Crippen LogP contribution in [0.3, 0.4) is 0 Å². The highest BCUT2D eigenvalue weighted by atomic mass is 32.2. The lowest BCUT2D eigenvalue weighted by molar-refractivity contribution is 0.578. The summed E-state index contributed by atoms with van der Waals surface area (Å²) in [4.78, 5) is 0. The number of hydrogen-bond acceptors (Lipinski definition) is 3. The maximum atomic E-state index is 11.3. The van der Waals surface area contributed by atoms with Crippen LogP contribution in [0.25, 0.3) is 0 Å². The van der Waals surface area contributed by atoms with E-state index in [4.69, 9.17) is 0 Å². The molecule has 13 heavy (non-hydrogen) atoms. The summed E-state index contributed by atoms with van der Waals surface area (Å²) in [5.74, 6) is 0. The molecule has 74 valence electrons. The molecule has 0 saturated carbocycles. The Kier molecular flexibility index (Phi) is 2.77. The van der Waals surface area contributed by atoms with E-state index >= 15 is 0 Å². The van der Waals surface area contributed by atoms with Crippen LogP contribution in [0.2, 0.25) is 0 Å². The molecular formula is C8H14N2O2S. The molecule has 1 heterocycles.